The predicted octanol–water partition coefficient (Wildman–Crippen LogP) is 0.789. The van der Waals surface area contributed by atoms with Gasteiger partial charge in [0.15, 0.2) is 0 Å². The Hall–Kier alpha value is -0.650. The van der Waals surface area contributed by atoms with E-state index >= 15 is 0 Å². The van der Waals surface area contributed by atoms with Gasteiger partial charge >= 0.3 is 5.97 Å². The third-order valence-electron chi connectivity index (χ3n) is 4.90. The average molecular weight is 268 g/mol. The number of morpholine rings is 1. The van der Waals surface area contributed by atoms with Gasteiger partial charge in [0, 0.05) is 37.3 Å². The predicted molar refractivity (Wildman–Crippen MR) is 71.2 cm³/mol. The number of hydrogen-bond acceptors (Lipinski definition) is 4. The van der Waals surface area contributed by atoms with Crippen LogP contribution in [0.1, 0.15) is 32.6 Å². The molecule has 3 fully saturated rings. The van der Waals surface area contributed by atoms with Crippen molar-refractivity contribution in [3.8, 4) is 0 Å². The van der Waals surface area contributed by atoms with Gasteiger partial charge in [-0.2, -0.15) is 0 Å². The van der Waals surface area contributed by atoms with E-state index < -0.39 is 5.97 Å². The molecule has 2 aliphatic heterocycles. The summed E-state index contributed by atoms with van der Waals surface area (Å²) < 4.78 is 5.42. The third kappa shape index (κ3) is 2.64. The lowest BCUT2D eigenvalue weighted by Crippen LogP contribution is -2.56. The van der Waals surface area contributed by atoms with E-state index in [0.29, 0.717) is 12.1 Å². The molecule has 0 bridgehead atoms. The third-order valence-corrected chi connectivity index (χ3v) is 4.90. The molecule has 5 heteroatoms. The average Bonchev–Trinajstić information content (AvgIpc) is 3.16. The molecule has 0 aromatic rings. The second-order valence-corrected chi connectivity index (χ2v) is 6.35. The largest absolute Gasteiger partial charge is 0.481 e. The number of carboxylic acid groups (broad SMARTS) is 1. The minimum atomic E-state index is -0.670. The SMILES string of the molecule is CC1CC(CC(=O)O)(N2CCOCC2)CN1C1CC1. The van der Waals surface area contributed by atoms with Crippen LogP contribution in [0.2, 0.25) is 0 Å². The molecule has 3 rings (SSSR count). The number of rotatable bonds is 4. The molecule has 0 aromatic heterocycles. The van der Waals surface area contributed by atoms with Crippen LogP contribution in [-0.4, -0.2) is 71.3 Å². The molecule has 2 unspecified atom stereocenters. The molecule has 108 valence electrons. The number of aliphatic carboxylic acids is 1. The quantitative estimate of drug-likeness (QED) is 0.817. The smallest absolute Gasteiger partial charge is 0.305 e. The summed E-state index contributed by atoms with van der Waals surface area (Å²) in [5.41, 5.74) is -0.169. The zero-order valence-electron chi connectivity index (χ0n) is 11.7. The minimum absolute atomic E-state index is 0.169. The van der Waals surface area contributed by atoms with E-state index in [2.05, 4.69) is 16.7 Å². The summed E-state index contributed by atoms with van der Waals surface area (Å²) in [6.45, 7) is 6.39. The van der Waals surface area contributed by atoms with Crippen molar-refractivity contribution in [2.45, 2.75) is 50.2 Å². The van der Waals surface area contributed by atoms with Crippen LogP contribution in [0.25, 0.3) is 0 Å². The first kappa shape index (κ1) is 13.3. The zero-order chi connectivity index (χ0) is 13.5. The standard InChI is InChI=1S/C14H24N2O3/c1-11-8-14(9-13(17)18,10-16(11)12-2-3-12)15-4-6-19-7-5-15/h11-12H,2-10H2,1H3,(H,17,18). The molecule has 0 radical (unpaired) electrons. The van der Waals surface area contributed by atoms with Crippen LogP contribution >= 0.6 is 0 Å². The van der Waals surface area contributed by atoms with Gasteiger partial charge in [-0.05, 0) is 26.2 Å². The van der Waals surface area contributed by atoms with Gasteiger partial charge in [0.1, 0.15) is 0 Å². The zero-order valence-corrected chi connectivity index (χ0v) is 11.7. The molecule has 1 N–H and O–H groups in total. The highest BCUT2D eigenvalue weighted by atomic mass is 16.5. The van der Waals surface area contributed by atoms with Gasteiger partial charge < -0.3 is 9.84 Å². The van der Waals surface area contributed by atoms with Gasteiger partial charge in [-0.25, -0.2) is 0 Å². The Bertz CT molecular complexity index is 353. The Morgan fingerprint density at radius 1 is 1.37 bits per heavy atom. The highest BCUT2D eigenvalue weighted by molar-refractivity contribution is 5.68. The van der Waals surface area contributed by atoms with Crippen LogP contribution in [0.5, 0.6) is 0 Å². The van der Waals surface area contributed by atoms with Crippen LogP contribution in [0.4, 0.5) is 0 Å². The van der Waals surface area contributed by atoms with E-state index in [1.54, 1.807) is 0 Å². The van der Waals surface area contributed by atoms with E-state index in [4.69, 9.17) is 4.74 Å². The Kier molecular flexibility index (Phi) is 3.53. The minimum Gasteiger partial charge on any atom is -0.481 e. The van der Waals surface area contributed by atoms with Gasteiger partial charge in [0.2, 0.25) is 0 Å². The number of hydrogen-bond donors (Lipinski definition) is 1. The van der Waals surface area contributed by atoms with Gasteiger partial charge in [-0.1, -0.05) is 0 Å². The molecular weight excluding hydrogens is 244 g/mol. The number of carbonyl (C=O) groups is 1. The Labute approximate surface area is 114 Å². The maximum Gasteiger partial charge on any atom is 0.305 e. The summed E-state index contributed by atoms with van der Waals surface area (Å²) in [7, 11) is 0. The van der Waals surface area contributed by atoms with E-state index in [1.807, 2.05) is 0 Å². The lowest BCUT2D eigenvalue weighted by atomic mass is 9.89. The second-order valence-electron chi connectivity index (χ2n) is 6.35. The number of carboxylic acids is 1. The van der Waals surface area contributed by atoms with Gasteiger partial charge in [-0.15, -0.1) is 0 Å². The van der Waals surface area contributed by atoms with E-state index in [-0.39, 0.29) is 12.0 Å². The molecule has 3 aliphatic rings. The maximum atomic E-state index is 11.3. The van der Waals surface area contributed by atoms with Crippen LogP contribution in [0, 0.1) is 0 Å². The topological polar surface area (TPSA) is 53.0 Å². The monoisotopic (exact) mass is 268 g/mol. The van der Waals surface area contributed by atoms with Crippen LogP contribution in [0.15, 0.2) is 0 Å². The van der Waals surface area contributed by atoms with Gasteiger partial charge in [-0.3, -0.25) is 14.6 Å². The fourth-order valence-corrected chi connectivity index (χ4v) is 3.91. The summed E-state index contributed by atoms with van der Waals surface area (Å²) in [6, 6.07) is 1.22. The second kappa shape index (κ2) is 5.04. The van der Waals surface area contributed by atoms with Gasteiger partial charge in [0.25, 0.3) is 0 Å². The van der Waals surface area contributed by atoms with Crippen molar-refractivity contribution in [3.05, 3.63) is 0 Å². The molecule has 1 saturated carbocycles. The fourth-order valence-electron chi connectivity index (χ4n) is 3.91. The van der Waals surface area contributed by atoms with E-state index in [0.717, 1.165) is 39.3 Å². The molecule has 0 amide bonds. The lowest BCUT2D eigenvalue weighted by molar-refractivity contribution is -0.141. The van der Waals surface area contributed by atoms with Crippen molar-refractivity contribution in [2.75, 3.05) is 32.8 Å². The molecule has 1 aliphatic carbocycles. The number of likely N-dealkylation sites (tertiary alicyclic amines) is 1. The molecule has 19 heavy (non-hydrogen) atoms. The van der Waals surface area contributed by atoms with Crippen LogP contribution in [-0.2, 0) is 9.53 Å². The van der Waals surface area contributed by atoms with Crippen molar-refractivity contribution in [1.29, 1.82) is 0 Å². The van der Waals surface area contributed by atoms with Gasteiger partial charge in [0.05, 0.1) is 19.6 Å². The van der Waals surface area contributed by atoms with E-state index in [9.17, 15) is 9.90 Å². The summed E-state index contributed by atoms with van der Waals surface area (Å²) in [4.78, 5) is 16.2. The molecule has 2 saturated heterocycles. The van der Waals surface area contributed by atoms with Crippen molar-refractivity contribution in [2.24, 2.45) is 0 Å². The number of nitrogens with zero attached hydrogens (tertiary/aromatic N) is 2. The summed E-state index contributed by atoms with van der Waals surface area (Å²) in [5.74, 6) is -0.670. The number of ether oxygens (including phenoxy) is 1. The van der Waals surface area contributed by atoms with Crippen molar-refractivity contribution >= 4 is 5.97 Å². The summed E-state index contributed by atoms with van der Waals surface area (Å²) in [5, 5.41) is 9.32. The Balaban J connectivity index is 1.78. The van der Waals surface area contributed by atoms with E-state index in [1.165, 1.54) is 12.8 Å². The molecular formula is C14H24N2O3. The molecule has 2 atom stereocenters. The Morgan fingerprint density at radius 3 is 2.63 bits per heavy atom. The fraction of sp³-hybridized carbons (Fsp3) is 0.929. The first-order chi connectivity index (χ1) is 9.11. The normalized spacial score (nSPS) is 37.6. The highest BCUT2D eigenvalue weighted by Gasteiger charge is 2.51. The lowest BCUT2D eigenvalue weighted by Gasteiger charge is -2.42. The van der Waals surface area contributed by atoms with Crippen LogP contribution in [0.3, 0.4) is 0 Å². The Morgan fingerprint density at radius 2 is 2.05 bits per heavy atom. The molecule has 5 nitrogen and oxygen atoms in total. The van der Waals surface area contributed by atoms with Crippen molar-refractivity contribution in [3.63, 3.8) is 0 Å². The molecule has 2 heterocycles. The summed E-state index contributed by atoms with van der Waals surface area (Å²) in [6.07, 6.45) is 3.82. The molecule has 0 spiro atoms. The maximum absolute atomic E-state index is 11.3. The highest BCUT2D eigenvalue weighted by Crippen LogP contribution is 2.41. The van der Waals surface area contributed by atoms with Crippen LogP contribution < -0.4 is 0 Å². The first-order valence-electron chi connectivity index (χ1n) is 7.41. The molecule has 0 aromatic carbocycles. The first-order valence-corrected chi connectivity index (χ1v) is 7.41. The van der Waals surface area contributed by atoms with Crippen molar-refractivity contribution < 1.29 is 14.6 Å². The van der Waals surface area contributed by atoms with Crippen molar-refractivity contribution in [1.82, 2.24) is 9.80 Å². The summed E-state index contributed by atoms with van der Waals surface area (Å²) >= 11 is 0.